The maximum Gasteiger partial charge on any atom is 0.290 e. The zero-order valence-corrected chi connectivity index (χ0v) is 15.7. The fourth-order valence-electron chi connectivity index (χ4n) is 3.54. The van der Waals surface area contributed by atoms with E-state index in [0.29, 0.717) is 4.91 Å². The minimum absolute atomic E-state index is 0.144. The minimum Gasteiger partial charge on any atom is -0.369 e. The number of amides is 2. The van der Waals surface area contributed by atoms with Gasteiger partial charge in [-0.15, -0.1) is 0 Å². The summed E-state index contributed by atoms with van der Waals surface area (Å²) >= 11 is 0.943. The van der Waals surface area contributed by atoms with Gasteiger partial charge in [-0.2, -0.15) is 0 Å². The van der Waals surface area contributed by atoms with Crippen molar-refractivity contribution in [1.82, 2.24) is 5.32 Å². The predicted octanol–water partition coefficient (Wildman–Crippen LogP) is 3.61. The number of carbonyl (C=O) groups is 2. The van der Waals surface area contributed by atoms with Crippen LogP contribution in [0.15, 0.2) is 53.4 Å². The van der Waals surface area contributed by atoms with Crippen LogP contribution in [0.2, 0.25) is 0 Å². The molecule has 0 saturated carbocycles. The zero-order valence-electron chi connectivity index (χ0n) is 14.9. The zero-order chi connectivity index (χ0) is 18.8. The molecule has 2 fully saturated rings. The lowest BCUT2D eigenvalue weighted by Crippen LogP contribution is -2.43. The molecule has 138 valence electrons. The molecule has 5 nitrogen and oxygen atoms in total. The molecular formula is C21H21N3O2S. The lowest BCUT2D eigenvalue weighted by Gasteiger charge is -2.34. The summed E-state index contributed by atoms with van der Waals surface area (Å²) in [4.78, 5) is 26.2. The standard InChI is InChI=1S/C21H21N3O2S/c22-17-7-4-10-24(13-17)18-11-15(14-5-2-1-3-6-14)8-9-16(18)12-19-20(25)23-21(26)27-19/h1-3,5-6,8-9,11-12,17H,4,7,10,13,22H2,(H,23,25,26)/b19-12-/t17-/m1/s1. The van der Waals surface area contributed by atoms with Gasteiger partial charge in [0.2, 0.25) is 0 Å². The molecule has 2 aromatic rings. The Balaban J connectivity index is 1.77. The number of hydrogen-bond donors (Lipinski definition) is 2. The van der Waals surface area contributed by atoms with Crippen molar-refractivity contribution in [3.05, 3.63) is 59.0 Å². The molecule has 0 radical (unpaired) electrons. The molecule has 2 aliphatic heterocycles. The van der Waals surface area contributed by atoms with Crippen molar-refractivity contribution in [3.63, 3.8) is 0 Å². The summed E-state index contributed by atoms with van der Waals surface area (Å²) in [7, 11) is 0. The van der Waals surface area contributed by atoms with Crippen molar-refractivity contribution in [2.75, 3.05) is 18.0 Å². The Morgan fingerprint density at radius 2 is 1.93 bits per heavy atom. The highest BCUT2D eigenvalue weighted by Crippen LogP contribution is 2.34. The summed E-state index contributed by atoms with van der Waals surface area (Å²) in [6.07, 6.45) is 3.87. The van der Waals surface area contributed by atoms with Gasteiger partial charge in [-0.1, -0.05) is 42.5 Å². The summed E-state index contributed by atoms with van der Waals surface area (Å²) in [5.74, 6) is -0.335. The van der Waals surface area contributed by atoms with Gasteiger partial charge in [-0.3, -0.25) is 14.9 Å². The number of benzene rings is 2. The number of piperidine rings is 1. The topological polar surface area (TPSA) is 75.4 Å². The number of thioether (sulfide) groups is 1. The van der Waals surface area contributed by atoms with Crippen LogP contribution in [0.3, 0.4) is 0 Å². The van der Waals surface area contributed by atoms with Crippen LogP contribution < -0.4 is 16.0 Å². The van der Waals surface area contributed by atoms with Gasteiger partial charge < -0.3 is 10.6 Å². The van der Waals surface area contributed by atoms with E-state index in [9.17, 15) is 9.59 Å². The lowest BCUT2D eigenvalue weighted by atomic mass is 9.99. The maximum atomic E-state index is 12.0. The normalized spacial score (nSPS) is 21.6. The number of nitrogens with one attached hydrogen (secondary N) is 1. The van der Waals surface area contributed by atoms with Gasteiger partial charge in [0.25, 0.3) is 11.1 Å². The summed E-state index contributed by atoms with van der Waals surface area (Å²) in [6, 6.07) is 16.6. The molecular weight excluding hydrogens is 358 g/mol. The van der Waals surface area contributed by atoms with Crippen molar-refractivity contribution in [2.24, 2.45) is 5.73 Å². The van der Waals surface area contributed by atoms with Crippen LogP contribution in [0.5, 0.6) is 0 Å². The highest BCUT2D eigenvalue weighted by molar-refractivity contribution is 8.18. The van der Waals surface area contributed by atoms with E-state index in [-0.39, 0.29) is 17.2 Å². The number of rotatable bonds is 3. The Bertz CT molecular complexity index is 911. The largest absolute Gasteiger partial charge is 0.369 e. The van der Waals surface area contributed by atoms with Crippen LogP contribution in [0.1, 0.15) is 18.4 Å². The van der Waals surface area contributed by atoms with E-state index in [2.05, 4.69) is 34.5 Å². The highest BCUT2D eigenvalue weighted by Gasteiger charge is 2.26. The Labute approximate surface area is 162 Å². The van der Waals surface area contributed by atoms with Crippen LogP contribution in [-0.2, 0) is 4.79 Å². The fourth-order valence-corrected chi connectivity index (χ4v) is 4.21. The summed E-state index contributed by atoms with van der Waals surface area (Å²) in [6.45, 7) is 1.72. The number of imide groups is 1. The van der Waals surface area contributed by atoms with Crippen molar-refractivity contribution >= 4 is 34.7 Å². The molecule has 0 aliphatic carbocycles. The van der Waals surface area contributed by atoms with Gasteiger partial charge in [0.05, 0.1) is 4.91 Å². The van der Waals surface area contributed by atoms with E-state index >= 15 is 0 Å². The molecule has 1 atom stereocenters. The fraction of sp³-hybridized carbons (Fsp3) is 0.238. The molecule has 4 rings (SSSR count). The predicted molar refractivity (Wildman–Crippen MR) is 110 cm³/mol. The number of hydrogen-bond acceptors (Lipinski definition) is 5. The van der Waals surface area contributed by atoms with E-state index in [1.54, 1.807) is 6.08 Å². The van der Waals surface area contributed by atoms with Gasteiger partial charge in [-0.05, 0) is 53.4 Å². The second-order valence-electron chi connectivity index (χ2n) is 6.84. The highest BCUT2D eigenvalue weighted by atomic mass is 32.2. The van der Waals surface area contributed by atoms with E-state index in [1.807, 2.05) is 24.3 Å². The van der Waals surface area contributed by atoms with E-state index in [0.717, 1.165) is 60.1 Å². The molecule has 3 N–H and O–H groups in total. The van der Waals surface area contributed by atoms with Crippen LogP contribution in [-0.4, -0.2) is 30.3 Å². The molecule has 27 heavy (non-hydrogen) atoms. The second kappa shape index (κ2) is 7.58. The molecule has 0 spiro atoms. The third-order valence-corrected chi connectivity index (χ3v) is 5.68. The molecule has 2 heterocycles. The van der Waals surface area contributed by atoms with Crippen LogP contribution in [0, 0.1) is 0 Å². The first kappa shape index (κ1) is 17.8. The first-order valence-electron chi connectivity index (χ1n) is 9.05. The molecule has 2 saturated heterocycles. The Hall–Kier alpha value is -2.57. The number of nitrogens with two attached hydrogens (primary N) is 1. The average molecular weight is 379 g/mol. The SMILES string of the molecule is N[C@@H]1CCCN(c2cc(-c3ccccc3)ccc2/C=C2\SC(=O)NC2=O)C1. The van der Waals surface area contributed by atoms with Crippen molar-refractivity contribution in [2.45, 2.75) is 18.9 Å². The van der Waals surface area contributed by atoms with Gasteiger partial charge in [0, 0.05) is 24.8 Å². The maximum absolute atomic E-state index is 12.0. The summed E-state index contributed by atoms with van der Waals surface area (Å²) in [5.41, 5.74) is 10.4. The first-order chi connectivity index (χ1) is 13.1. The monoisotopic (exact) mass is 379 g/mol. The summed E-state index contributed by atoms with van der Waals surface area (Å²) in [5, 5.41) is 1.99. The van der Waals surface area contributed by atoms with E-state index in [1.165, 1.54) is 0 Å². The van der Waals surface area contributed by atoms with E-state index in [4.69, 9.17) is 5.73 Å². The second-order valence-corrected chi connectivity index (χ2v) is 7.85. The molecule has 0 unspecified atom stereocenters. The van der Waals surface area contributed by atoms with Crippen molar-refractivity contribution < 1.29 is 9.59 Å². The minimum atomic E-state index is -0.335. The Kier molecular flexibility index (Phi) is 5.01. The molecule has 2 aliphatic rings. The number of anilines is 1. The quantitative estimate of drug-likeness (QED) is 0.797. The number of nitrogens with zero attached hydrogens (tertiary/aromatic N) is 1. The lowest BCUT2D eigenvalue weighted by molar-refractivity contribution is -0.115. The molecule has 2 aromatic carbocycles. The average Bonchev–Trinajstić information content (AvgIpc) is 2.99. The van der Waals surface area contributed by atoms with Gasteiger partial charge in [0.1, 0.15) is 0 Å². The van der Waals surface area contributed by atoms with Crippen LogP contribution >= 0.6 is 11.8 Å². The molecule has 6 heteroatoms. The number of carbonyl (C=O) groups excluding carboxylic acids is 2. The van der Waals surface area contributed by atoms with Gasteiger partial charge in [0.15, 0.2) is 0 Å². The Morgan fingerprint density at radius 3 is 2.63 bits per heavy atom. The van der Waals surface area contributed by atoms with Crippen LogP contribution in [0.4, 0.5) is 10.5 Å². The van der Waals surface area contributed by atoms with E-state index < -0.39 is 0 Å². The third kappa shape index (κ3) is 3.91. The third-order valence-electron chi connectivity index (χ3n) is 4.86. The van der Waals surface area contributed by atoms with Crippen LogP contribution in [0.25, 0.3) is 17.2 Å². The van der Waals surface area contributed by atoms with Crippen molar-refractivity contribution in [1.29, 1.82) is 0 Å². The van der Waals surface area contributed by atoms with Crippen molar-refractivity contribution in [3.8, 4) is 11.1 Å². The Morgan fingerprint density at radius 1 is 1.11 bits per heavy atom. The first-order valence-corrected chi connectivity index (χ1v) is 9.86. The van der Waals surface area contributed by atoms with Gasteiger partial charge >= 0.3 is 0 Å². The molecule has 2 amide bonds. The van der Waals surface area contributed by atoms with Gasteiger partial charge in [-0.25, -0.2) is 0 Å². The summed E-state index contributed by atoms with van der Waals surface area (Å²) < 4.78 is 0. The smallest absolute Gasteiger partial charge is 0.290 e. The molecule has 0 aromatic heterocycles. The molecule has 0 bridgehead atoms.